The van der Waals surface area contributed by atoms with Crippen LogP contribution in [0.5, 0.6) is 0 Å². The number of nitrogens with zero attached hydrogens (tertiary/aromatic N) is 5. The second-order valence-corrected chi connectivity index (χ2v) is 7.61. The number of hydrogen-bond acceptors (Lipinski definition) is 6. The molecule has 0 aliphatic carbocycles. The molecule has 0 saturated heterocycles. The number of thioether (sulfide) groups is 1. The first-order valence-corrected chi connectivity index (χ1v) is 10.4. The highest BCUT2D eigenvalue weighted by atomic mass is 32.2. The largest absolute Gasteiger partial charge is 0.350 e. The van der Waals surface area contributed by atoms with Crippen LogP contribution in [0.15, 0.2) is 65.2 Å². The number of fused-ring (bicyclic) bond motifs is 3. The second-order valence-electron chi connectivity index (χ2n) is 6.67. The van der Waals surface area contributed by atoms with Crippen molar-refractivity contribution in [2.45, 2.75) is 25.2 Å². The maximum atomic E-state index is 12.8. The lowest BCUT2D eigenvalue weighted by Crippen LogP contribution is -2.25. The van der Waals surface area contributed by atoms with Crippen LogP contribution in [0.25, 0.3) is 16.7 Å². The van der Waals surface area contributed by atoms with Crippen molar-refractivity contribution in [3.05, 3.63) is 76.9 Å². The van der Waals surface area contributed by atoms with Gasteiger partial charge in [-0.15, -0.1) is 16.8 Å². The van der Waals surface area contributed by atoms with E-state index in [2.05, 4.69) is 27.1 Å². The molecule has 0 atom stereocenters. The number of nitrogens with one attached hydrogen (secondary N) is 1. The summed E-state index contributed by atoms with van der Waals surface area (Å²) in [7, 11) is 0. The molecule has 152 valence electrons. The summed E-state index contributed by atoms with van der Waals surface area (Å²) in [5.41, 5.74) is 2.42. The third kappa shape index (κ3) is 3.71. The van der Waals surface area contributed by atoms with Crippen LogP contribution in [0.2, 0.25) is 0 Å². The lowest BCUT2D eigenvalue weighted by Gasteiger charge is -2.10. The lowest BCUT2D eigenvalue weighted by molar-refractivity contribution is -0.118. The molecule has 4 rings (SSSR count). The van der Waals surface area contributed by atoms with E-state index in [4.69, 9.17) is 0 Å². The van der Waals surface area contributed by atoms with Crippen molar-refractivity contribution in [1.82, 2.24) is 29.5 Å². The lowest BCUT2D eigenvalue weighted by atomic mass is 10.2. The monoisotopic (exact) mass is 420 g/mol. The average Bonchev–Trinajstić information content (AvgIpc) is 3.18. The molecule has 0 fully saturated rings. The standard InChI is InChI=1S/C21H20N6O2S/c1-3-11-26-19(29)15-8-4-5-9-17(15)27-20(26)24-25-21(27)30-13-18(28)23-12-16-14(2)7-6-10-22-16/h3-10H,1,11-13H2,2H3,(H,23,28). The van der Waals surface area contributed by atoms with Crippen molar-refractivity contribution in [2.75, 3.05) is 5.75 Å². The highest BCUT2D eigenvalue weighted by molar-refractivity contribution is 7.99. The van der Waals surface area contributed by atoms with Gasteiger partial charge in [-0.2, -0.15) is 0 Å². The summed E-state index contributed by atoms with van der Waals surface area (Å²) in [6, 6.07) is 11.1. The van der Waals surface area contributed by atoms with Crippen LogP contribution in [0.4, 0.5) is 0 Å². The zero-order valence-corrected chi connectivity index (χ0v) is 17.2. The number of pyridine rings is 1. The number of para-hydroxylation sites is 1. The van der Waals surface area contributed by atoms with Gasteiger partial charge in [0.05, 0.1) is 28.9 Å². The number of aromatic nitrogens is 5. The first-order chi connectivity index (χ1) is 14.6. The molecule has 1 amide bonds. The quantitative estimate of drug-likeness (QED) is 0.364. The van der Waals surface area contributed by atoms with Crippen molar-refractivity contribution in [3.8, 4) is 0 Å². The van der Waals surface area contributed by atoms with E-state index in [1.807, 2.05) is 37.3 Å². The fourth-order valence-corrected chi connectivity index (χ4v) is 3.96. The average molecular weight is 420 g/mol. The number of amides is 1. The van der Waals surface area contributed by atoms with Crippen LogP contribution >= 0.6 is 11.8 Å². The van der Waals surface area contributed by atoms with Gasteiger partial charge >= 0.3 is 0 Å². The molecule has 3 heterocycles. The fraction of sp³-hybridized carbons (Fsp3) is 0.190. The Hall–Kier alpha value is -3.46. The van der Waals surface area contributed by atoms with Crippen LogP contribution in [0, 0.1) is 6.92 Å². The van der Waals surface area contributed by atoms with Gasteiger partial charge in [-0.25, -0.2) is 0 Å². The molecule has 30 heavy (non-hydrogen) atoms. The maximum absolute atomic E-state index is 12.8. The summed E-state index contributed by atoms with van der Waals surface area (Å²) in [5, 5.41) is 12.4. The van der Waals surface area contributed by atoms with Gasteiger partial charge in [0, 0.05) is 12.7 Å². The molecule has 1 N–H and O–H groups in total. The van der Waals surface area contributed by atoms with Gasteiger partial charge in [0.1, 0.15) is 0 Å². The third-order valence-corrected chi connectivity index (χ3v) is 5.62. The first-order valence-electron chi connectivity index (χ1n) is 9.37. The Labute approximate surface area is 176 Å². The number of rotatable bonds is 7. The predicted octanol–water partition coefficient (Wildman–Crippen LogP) is 2.34. The minimum atomic E-state index is -0.148. The van der Waals surface area contributed by atoms with E-state index in [-0.39, 0.29) is 17.2 Å². The van der Waals surface area contributed by atoms with Crippen molar-refractivity contribution >= 4 is 34.3 Å². The molecule has 1 aromatic carbocycles. The Kier molecular flexibility index (Phi) is 5.62. The molecule has 0 radical (unpaired) electrons. The molecule has 0 bridgehead atoms. The molecule has 4 aromatic rings. The SMILES string of the molecule is C=CCn1c(=O)c2ccccc2n2c(SCC(=O)NCc3ncccc3C)nnc12. The number of carbonyl (C=O) groups excluding carboxylic acids is 1. The summed E-state index contributed by atoms with van der Waals surface area (Å²) >= 11 is 1.27. The molecule has 0 aliphatic heterocycles. The molecule has 3 aromatic heterocycles. The van der Waals surface area contributed by atoms with Gasteiger partial charge in [0.2, 0.25) is 11.7 Å². The summed E-state index contributed by atoms with van der Waals surface area (Å²) in [4.78, 5) is 29.5. The van der Waals surface area contributed by atoms with Crippen molar-refractivity contribution in [1.29, 1.82) is 0 Å². The Morgan fingerprint density at radius 1 is 1.23 bits per heavy atom. The van der Waals surface area contributed by atoms with Crippen molar-refractivity contribution in [3.63, 3.8) is 0 Å². The van der Waals surface area contributed by atoms with Crippen LogP contribution in [-0.4, -0.2) is 35.8 Å². The Morgan fingerprint density at radius 3 is 2.87 bits per heavy atom. The summed E-state index contributed by atoms with van der Waals surface area (Å²) in [6.07, 6.45) is 3.35. The van der Waals surface area contributed by atoms with Gasteiger partial charge in [0.15, 0.2) is 5.16 Å². The van der Waals surface area contributed by atoms with Gasteiger partial charge in [-0.05, 0) is 30.7 Å². The predicted molar refractivity (Wildman–Crippen MR) is 116 cm³/mol. The molecule has 0 spiro atoms. The maximum Gasteiger partial charge on any atom is 0.263 e. The Bertz CT molecular complexity index is 1310. The van der Waals surface area contributed by atoms with E-state index in [1.165, 1.54) is 16.3 Å². The smallest absolute Gasteiger partial charge is 0.263 e. The van der Waals surface area contributed by atoms with Crippen LogP contribution < -0.4 is 10.9 Å². The van der Waals surface area contributed by atoms with E-state index in [0.29, 0.717) is 34.9 Å². The molecular weight excluding hydrogens is 400 g/mol. The van der Waals surface area contributed by atoms with E-state index >= 15 is 0 Å². The van der Waals surface area contributed by atoms with Crippen LogP contribution in [-0.2, 0) is 17.9 Å². The zero-order valence-electron chi connectivity index (χ0n) is 16.4. The van der Waals surface area contributed by atoms with Crippen molar-refractivity contribution < 1.29 is 4.79 Å². The van der Waals surface area contributed by atoms with Gasteiger partial charge in [0.25, 0.3) is 5.56 Å². The summed E-state index contributed by atoms with van der Waals surface area (Å²) in [6.45, 7) is 6.37. The molecule has 9 heteroatoms. The first kappa shape index (κ1) is 19.8. The number of allylic oxidation sites excluding steroid dienone is 1. The fourth-order valence-electron chi connectivity index (χ4n) is 3.19. The summed E-state index contributed by atoms with van der Waals surface area (Å²) < 4.78 is 3.33. The van der Waals surface area contributed by atoms with Gasteiger partial charge in [-0.3, -0.25) is 23.5 Å². The summed E-state index contributed by atoms with van der Waals surface area (Å²) in [5.74, 6) is 0.456. The number of carbonyl (C=O) groups is 1. The Balaban J connectivity index is 1.59. The molecule has 0 saturated carbocycles. The third-order valence-electron chi connectivity index (χ3n) is 4.69. The molecule has 0 aliphatic rings. The second kappa shape index (κ2) is 8.50. The highest BCUT2D eigenvalue weighted by Crippen LogP contribution is 2.21. The van der Waals surface area contributed by atoms with Crippen molar-refractivity contribution in [2.24, 2.45) is 0 Å². The normalized spacial score (nSPS) is 11.1. The molecule has 8 nitrogen and oxygen atoms in total. The van der Waals surface area contributed by atoms with E-state index < -0.39 is 0 Å². The zero-order chi connectivity index (χ0) is 21.1. The van der Waals surface area contributed by atoms with E-state index in [1.54, 1.807) is 22.7 Å². The van der Waals surface area contributed by atoms with E-state index in [0.717, 1.165) is 11.3 Å². The molecular formula is C21H20N6O2S. The molecule has 0 unspecified atom stereocenters. The van der Waals surface area contributed by atoms with Gasteiger partial charge < -0.3 is 5.32 Å². The Morgan fingerprint density at radius 2 is 2.07 bits per heavy atom. The number of aryl methyl sites for hydroxylation is 1. The van der Waals surface area contributed by atoms with Crippen LogP contribution in [0.3, 0.4) is 0 Å². The minimum absolute atomic E-state index is 0.134. The minimum Gasteiger partial charge on any atom is -0.350 e. The number of benzene rings is 1. The van der Waals surface area contributed by atoms with E-state index in [9.17, 15) is 9.59 Å². The number of hydrogen-bond donors (Lipinski definition) is 1. The topological polar surface area (TPSA) is 94.2 Å². The highest BCUT2D eigenvalue weighted by Gasteiger charge is 2.17. The van der Waals surface area contributed by atoms with Gasteiger partial charge in [-0.1, -0.05) is 36.0 Å². The van der Waals surface area contributed by atoms with Crippen LogP contribution in [0.1, 0.15) is 11.3 Å².